The molecule has 0 saturated heterocycles. The third kappa shape index (κ3) is 1.50. The van der Waals surface area contributed by atoms with Crippen molar-refractivity contribution in [3.05, 3.63) is 30.0 Å². The predicted octanol–water partition coefficient (Wildman–Crippen LogP) is 1.91. The monoisotopic (exact) mass is 212 g/mol. The molecular formula is C9H6F2N2O2. The molecule has 0 aliphatic rings. The molecule has 0 saturated carbocycles. The highest BCUT2D eigenvalue weighted by Crippen LogP contribution is 2.35. The fourth-order valence-corrected chi connectivity index (χ4v) is 1.22. The second-order valence-electron chi connectivity index (χ2n) is 2.89. The Morgan fingerprint density at radius 3 is 2.60 bits per heavy atom. The number of nitrogens with zero attached hydrogens (tertiary/aromatic N) is 1. The zero-order chi connectivity index (χ0) is 11.0. The molecule has 6 heteroatoms. The molecule has 1 aromatic carbocycles. The Morgan fingerprint density at radius 2 is 2.00 bits per heavy atom. The van der Waals surface area contributed by atoms with Gasteiger partial charge in [-0.25, -0.2) is 8.78 Å². The SMILES string of the molecule is Nc1oncc1-c1cc(F)cc(F)c1O. The molecule has 1 heterocycles. The number of aromatic nitrogens is 1. The molecule has 1 aromatic heterocycles. The zero-order valence-electron chi connectivity index (χ0n) is 7.37. The van der Waals surface area contributed by atoms with Gasteiger partial charge in [0.05, 0.1) is 11.8 Å². The minimum absolute atomic E-state index is 0.0914. The number of nitrogens with two attached hydrogens (primary N) is 1. The van der Waals surface area contributed by atoms with Crippen molar-refractivity contribution in [1.82, 2.24) is 5.16 Å². The smallest absolute Gasteiger partial charge is 0.230 e. The minimum Gasteiger partial charge on any atom is -0.504 e. The number of benzene rings is 1. The van der Waals surface area contributed by atoms with Crippen molar-refractivity contribution < 1.29 is 18.4 Å². The Morgan fingerprint density at radius 1 is 1.27 bits per heavy atom. The van der Waals surface area contributed by atoms with Gasteiger partial charge < -0.3 is 15.4 Å². The topological polar surface area (TPSA) is 72.3 Å². The summed E-state index contributed by atoms with van der Waals surface area (Å²) >= 11 is 0. The lowest BCUT2D eigenvalue weighted by atomic mass is 10.1. The summed E-state index contributed by atoms with van der Waals surface area (Å²) in [6.07, 6.45) is 1.17. The molecule has 0 radical (unpaired) electrons. The van der Waals surface area contributed by atoms with E-state index in [1.54, 1.807) is 0 Å². The van der Waals surface area contributed by atoms with E-state index in [4.69, 9.17) is 5.73 Å². The van der Waals surface area contributed by atoms with Gasteiger partial charge in [0, 0.05) is 11.6 Å². The van der Waals surface area contributed by atoms with Crippen molar-refractivity contribution in [2.75, 3.05) is 5.73 Å². The van der Waals surface area contributed by atoms with Gasteiger partial charge in [-0.1, -0.05) is 5.16 Å². The van der Waals surface area contributed by atoms with E-state index in [-0.39, 0.29) is 17.0 Å². The Labute approximate surface area is 82.9 Å². The van der Waals surface area contributed by atoms with Gasteiger partial charge in [0.25, 0.3) is 0 Å². The van der Waals surface area contributed by atoms with E-state index in [2.05, 4.69) is 9.68 Å². The van der Waals surface area contributed by atoms with E-state index >= 15 is 0 Å². The summed E-state index contributed by atoms with van der Waals surface area (Å²) in [4.78, 5) is 0. The molecule has 0 aliphatic carbocycles. The standard InChI is InChI=1S/C9H6F2N2O2/c10-4-1-5(8(14)7(11)2-4)6-3-13-15-9(6)12/h1-3,14H,12H2. The normalized spacial score (nSPS) is 10.5. The number of hydrogen-bond acceptors (Lipinski definition) is 4. The van der Waals surface area contributed by atoms with E-state index in [1.807, 2.05) is 0 Å². The molecule has 78 valence electrons. The fraction of sp³-hybridized carbons (Fsp3) is 0. The molecule has 0 fully saturated rings. The fourth-order valence-electron chi connectivity index (χ4n) is 1.22. The first-order chi connectivity index (χ1) is 7.09. The van der Waals surface area contributed by atoms with Crippen LogP contribution in [0.1, 0.15) is 0 Å². The number of nitrogen functional groups attached to an aromatic ring is 1. The van der Waals surface area contributed by atoms with Gasteiger partial charge in [-0.2, -0.15) is 0 Å². The van der Waals surface area contributed by atoms with Gasteiger partial charge in [0.2, 0.25) is 5.88 Å². The van der Waals surface area contributed by atoms with Gasteiger partial charge in [0.1, 0.15) is 5.82 Å². The molecule has 0 amide bonds. The summed E-state index contributed by atoms with van der Waals surface area (Å²) in [5.74, 6) is -2.69. The van der Waals surface area contributed by atoms with Gasteiger partial charge in [0.15, 0.2) is 11.6 Å². The minimum atomic E-state index is -1.06. The molecule has 0 spiro atoms. The summed E-state index contributed by atoms with van der Waals surface area (Å²) < 4.78 is 30.4. The first-order valence-electron chi connectivity index (χ1n) is 3.98. The molecule has 4 nitrogen and oxygen atoms in total. The second-order valence-corrected chi connectivity index (χ2v) is 2.89. The van der Waals surface area contributed by atoms with Gasteiger partial charge in [-0.05, 0) is 6.07 Å². The van der Waals surface area contributed by atoms with Crippen LogP contribution in [0.25, 0.3) is 11.1 Å². The quantitative estimate of drug-likeness (QED) is 0.757. The van der Waals surface area contributed by atoms with Gasteiger partial charge in [-0.3, -0.25) is 0 Å². The maximum absolute atomic E-state index is 13.0. The van der Waals surface area contributed by atoms with E-state index < -0.39 is 17.4 Å². The van der Waals surface area contributed by atoms with Crippen LogP contribution in [0.5, 0.6) is 5.75 Å². The number of aromatic hydroxyl groups is 1. The van der Waals surface area contributed by atoms with Crippen molar-refractivity contribution in [2.45, 2.75) is 0 Å². The molecule has 3 N–H and O–H groups in total. The molecule has 0 aliphatic heterocycles. The van der Waals surface area contributed by atoms with Crippen LogP contribution in [0.3, 0.4) is 0 Å². The van der Waals surface area contributed by atoms with E-state index in [9.17, 15) is 13.9 Å². The van der Waals surface area contributed by atoms with Gasteiger partial charge >= 0.3 is 0 Å². The lowest BCUT2D eigenvalue weighted by molar-refractivity contribution is 0.429. The van der Waals surface area contributed by atoms with Crippen LogP contribution in [-0.4, -0.2) is 10.3 Å². The summed E-state index contributed by atoms with van der Waals surface area (Å²) in [5, 5.41) is 12.7. The number of phenolic OH excluding ortho intramolecular Hbond substituents is 1. The van der Waals surface area contributed by atoms with Crippen LogP contribution in [0.2, 0.25) is 0 Å². The lowest BCUT2D eigenvalue weighted by Gasteiger charge is -2.03. The van der Waals surface area contributed by atoms with E-state index in [1.165, 1.54) is 6.20 Å². The van der Waals surface area contributed by atoms with Crippen LogP contribution in [-0.2, 0) is 0 Å². The third-order valence-corrected chi connectivity index (χ3v) is 1.92. The maximum Gasteiger partial charge on any atom is 0.230 e. The average Bonchev–Trinajstić information content (AvgIpc) is 2.58. The number of phenols is 1. The van der Waals surface area contributed by atoms with Crippen molar-refractivity contribution >= 4 is 5.88 Å². The molecular weight excluding hydrogens is 206 g/mol. The first-order valence-corrected chi connectivity index (χ1v) is 3.98. The number of anilines is 1. The summed E-state index contributed by atoms with van der Waals surface area (Å²) in [5.41, 5.74) is 5.41. The lowest BCUT2D eigenvalue weighted by Crippen LogP contribution is -1.89. The number of rotatable bonds is 1. The third-order valence-electron chi connectivity index (χ3n) is 1.92. The Hall–Kier alpha value is -2.11. The number of halogens is 2. The Kier molecular flexibility index (Phi) is 2.03. The molecule has 0 unspecified atom stereocenters. The molecule has 2 rings (SSSR count). The van der Waals surface area contributed by atoms with E-state index in [0.717, 1.165) is 6.07 Å². The van der Waals surface area contributed by atoms with Crippen LogP contribution < -0.4 is 5.73 Å². The molecule has 0 bridgehead atoms. The van der Waals surface area contributed by atoms with Crippen molar-refractivity contribution in [1.29, 1.82) is 0 Å². The van der Waals surface area contributed by atoms with Crippen LogP contribution in [0.15, 0.2) is 22.9 Å². The summed E-state index contributed by atoms with van der Waals surface area (Å²) in [7, 11) is 0. The van der Waals surface area contributed by atoms with Gasteiger partial charge in [-0.15, -0.1) is 0 Å². The highest BCUT2D eigenvalue weighted by atomic mass is 19.1. The van der Waals surface area contributed by atoms with Crippen molar-refractivity contribution in [2.24, 2.45) is 0 Å². The van der Waals surface area contributed by atoms with E-state index in [0.29, 0.717) is 6.07 Å². The Bertz CT molecular complexity index is 511. The highest BCUT2D eigenvalue weighted by Gasteiger charge is 2.16. The molecule has 15 heavy (non-hydrogen) atoms. The maximum atomic E-state index is 13.0. The van der Waals surface area contributed by atoms with Crippen LogP contribution >= 0.6 is 0 Å². The largest absolute Gasteiger partial charge is 0.504 e. The first kappa shape index (κ1) is 9.45. The number of hydrogen-bond donors (Lipinski definition) is 2. The molecule has 2 aromatic rings. The second kappa shape index (κ2) is 3.23. The zero-order valence-corrected chi connectivity index (χ0v) is 7.37. The van der Waals surface area contributed by atoms with Crippen molar-refractivity contribution in [3.63, 3.8) is 0 Å². The highest BCUT2D eigenvalue weighted by molar-refractivity contribution is 5.76. The average molecular weight is 212 g/mol. The van der Waals surface area contributed by atoms with Crippen LogP contribution in [0.4, 0.5) is 14.7 Å². The summed E-state index contributed by atoms with van der Waals surface area (Å²) in [6.45, 7) is 0. The molecule has 0 atom stereocenters. The Balaban J connectivity index is 2.68. The van der Waals surface area contributed by atoms with Crippen molar-refractivity contribution in [3.8, 4) is 16.9 Å². The summed E-state index contributed by atoms with van der Waals surface area (Å²) in [6, 6.07) is 1.52. The predicted molar refractivity (Wildman–Crippen MR) is 47.9 cm³/mol. The van der Waals surface area contributed by atoms with Crippen LogP contribution in [0, 0.1) is 11.6 Å².